The van der Waals surface area contributed by atoms with Gasteiger partial charge in [-0.25, -0.2) is 0 Å². The molecule has 0 aromatic carbocycles. The molecule has 0 amide bonds. The third-order valence-electron chi connectivity index (χ3n) is 2.53. The highest BCUT2D eigenvalue weighted by Gasteiger charge is 2.20. The van der Waals surface area contributed by atoms with E-state index < -0.39 is 0 Å². The van der Waals surface area contributed by atoms with Crippen LogP contribution in [0.3, 0.4) is 0 Å². The van der Waals surface area contributed by atoms with E-state index in [4.69, 9.17) is 4.74 Å². The van der Waals surface area contributed by atoms with Crippen LogP contribution in [0.25, 0.3) is 0 Å². The zero-order valence-electron chi connectivity index (χ0n) is 8.76. The highest BCUT2D eigenvalue weighted by Crippen LogP contribution is 2.18. The Morgan fingerprint density at radius 2 is 1.54 bits per heavy atom. The Bertz CT molecular complexity index is 102. The molecule has 1 rings (SSSR count). The molecule has 1 fully saturated rings. The quantitative estimate of drug-likeness (QED) is 0.420. The van der Waals surface area contributed by atoms with Gasteiger partial charge in [-0.1, -0.05) is 51.9 Å². The Kier molecular flexibility index (Phi) is 8.41. The second kappa shape index (κ2) is 8.49. The molecule has 1 aliphatic rings. The molecule has 1 atom stereocenters. The molecule has 0 saturated carbocycles. The Morgan fingerprint density at radius 3 is 2.08 bits per heavy atom. The van der Waals surface area contributed by atoms with Crippen molar-refractivity contribution >= 4 is 0 Å². The van der Waals surface area contributed by atoms with Crippen molar-refractivity contribution in [3.05, 3.63) is 0 Å². The highest BCUT2D eigenvalue weighted by atomic mass is 19.0. The first-order chi connectivity index (χ1) is 5.93. The first-order valence-corrected chi connectivity index (χ1v) is 5.55. The maximum atomic E-state index is 5.15. The summed E-state index contributed by atoms with van der Waals surface area (Å²) in [6.07, 6.45) is 11.9. The topological polar surface area (TPSA) is 12.5 Å². The van der Waals surface area contributed by atoms with Crippen LogP contribution in [0.1, 0.15) is 58.3 Å². The van der Waals surface area contributed by atoms with Crippen LogP contribution in [0.15, 0.2) is 0 Å². The van der Waals surface area contributed by atoms with E-state index >= 15 is 0 Å². The van der Waals surface area contributed by atoms with E-state index in [2.05, 4.69) is 6.92 Å². The SMILES string of the molecule is CCCCCCCCCC1CO1.F. The number of halogens is 1. The number of ether oxygens (including phenoxy) is 1. The summed E-state index contributed by atoms with van der Waals surface area (Å²) in [5.41, 5.74) is 0. The summed E-state index contributed by atoms with van der Waals surface area (Å²) in [4.78, 5) is 0. The standard InChI is InChI=1S/C11H22O.FH/c1-2-3-4-5-6-7-8-9-11-10-12-11;/h11H,2-10H2,1H3;1H. The van der Waals surface area contributed by atoms with Gasteiger partial charge in [0.05, 0.1) is 12.7 Å². The summed E-state index contributed by atoms with van der Waals surface area (Å²) in [6, 6.07) is 0. The zero-order chi connectivity index (χ0) is 8.65. The van der Waals surface area contributed by atoms with Crippen molar-refractivity contribution in [3.63, 3.8) is 0 Å². The summed E-state index contributed by atoms with van der Waals surface area (Å²) in [5.74, 6) is 0. The van der Waals surface area contributed by atoms with Crippen molar-refractivity contribution in [2.75, 3.05) is 6.61 Å². The van der Waals surface area contributed by atoms with Crippen molar-refractivity contribution in [3.8, 4) is 0 Å². The average molecular weight is 190 g/mol. The molecule has 2 heteroatoms. The molecule has 0 bridgehead atoms. The van der Waals surface area contributed by atoms with Crippen LogP contribution in [-0.2, 0) is 4.74 Å². The largest absolute Gasteiger partial charge is 0.373 e. The Hall–Kier alpha value is -0.110. The minimum atomic E-state index is 0. The Balaban J connectivity index is 0.00000144. The van der Waals surface area contributed by atoms with E-state index in [1.807, 2.05) is 0 Å². The van der Waals surface area contributed by atoms with Crippen molar-refractivity contribution in [2.45, 2.75) is 64.4 Å². The Morgan fingerprint density at radius 1 is 1.00 bits per heavy atom. The van der Waals surface area contributed by atoms with Gasteiger partial charge < -0.3 is 4.74 Å². The minimum Gasteiger partial charge on any atom is -0.373 e. The molecule has 0 aromatic rings. The van der Waals surface area contributed by atoms with Gasteiger partial charge in [0.2, 0.25) is 0 Å². The molecule has 0 aromatic heterocycles. The lowest BCUT2D eigenvalue weighted by Crippen LogP contribution is -1.85. The van der Waals surface area contributed by atoms with Crippen molar-refractivity contribution in [1.82, 2.24) is 0 Å². The van der Waals surface area contributed by atoms with Gasteiger partial charge in [-0.3, -0.25) is 4.70 Å². The highest BCUT2D eigenvalue weighted by molar-refractivity contribution is 4.68. The molecule has 80 valence electrons. The Labute approximate surface area is 81.2 Å². The molecule has 1 aliphatic heterocycles. The molecule has 1 unspecified atom stereocenters. The lowest BCUT2D eigenvalue weighted by atomic mass is 10.1. The molecule has 1 saturated heterocycles. The molecule has 0 N–H and O–H groups in total. The third-order valence-corrected chi connectivity index (χ3v) is 2.53. The van der Waals surface area contributed by atoms with Crippen LogP contribution >= 0.6 is 0 Å². The molecule has 0 spiro atoms. The second-order valence-electron chi connectivity index (χ2n) is 3.87. The lowest BCUT2D eigenvalue weighted by Gasteiger charge is -1.98. The van der Waals surface area contributed by atoms with E-state index in [9.17, 15) is 0 Å². The van der Waals surface area contributed by atoms with Crippen LogP contribution in [0.2, 0.25) is 0 Å². The molecule has 0 aliphatic carbocycles. The van der Waals surface area contributed by atoms with E-state index in [-0.39, 0.29) is 4.70 Å². The normalized spacial score (nSPS) is 19.6. The van der Waals surface area contributed by atoms with E-state index in [1.165, 1.54) is 51.4 Å². The molecular weight excluding hydrogens is 167 g/mol. The number of hydrogen-bond donors (Lipinski definition) is 0. The maximum Gasteiger partial charge on any atom is 0.0810 e. The van der Waals surface area contributed by atoms with E-state index in [1.54, 1.807) is 0 Å². The van der Waals surface area contributed by atoms with Gasteiger partial charge in [-0.2, -0.15) is 0 Å². The fraction of sp³-hybridized carbons (Fsp3) is 1.00. The average Bonchev–Trinajstić information content (AvgIpc) is 2.87. The molecule has 1 heterocycles. The van der Waals surface area contributed by atoms with Gasteiger partial charge in [0, 0.05) is 0 Å². The molecule has 0 radical (unpaired) electrons. The number of hydrogen-bond acceptors (Lipinski definition) is 1. The second-order valence-corrected chi connectivity index (χ2v) is 3.87. The monoisotopic (exact) mass is 190 g/mol. The van der Waals surface area contributed by atoms with E-state index in [0.717, 1.165) is 6.61 Å². The van der Waals surface area contributed by atoms with Gasteiger partial charge >= 0.3 is 0 Å². The van der Waals surface area contributed by atoms with Gasteiger partial charge in [-0.05, 0) is 6.42 Å². The van der Waals surface area contributed by atoms with Crippen molar-refractivity contribution in [2.24, 2.45) is 0 Å². The zero-order valence-corrected chi connectivity index (χ0v) is 8.76. The van der Waals surface area contributed by atoms with Crippen LogP contribution in [-0.4, -0.2) is 12.7 Å². The summed E-state index contributed by atoms with van der Waals surface area (Å²) in [5, 5.41) is 0. The van der Waals surface area contributed by atoms with Crippen LogP contribution in [0, 0.1) is 0 Å². The fourth-order valence-electron chi connectivity index (χ4n) is 1.56. The minimum absolute atomic E-state index is 0. The number of epoxide rings is 1. The van der Waals surface area contributed by atoms with Gasteiger partial charge in [-0.15, -0.1) is 0 Å². The smallest absolute Gasteiger partial charge is 0.0810 e. The predicted octanol–water partition coefficient (Wildman–Crippen LogP) is 3.68. The fourth-order valence-corrected chi connectivity index (χ4v) is 1.56. The molecular formula is C11H23FO. The predicted molar refractivity (Wildman–Crippen MR) is 54.9 cm³/mol. The number of rotatable bonds is 8. The van der Waals surface area contributed by atoms with Crippen LogP contribution < -0.4 is 0 Å². The summed E-state index contributed by atoms with van der Waals surface area (Å²) in [7, 11) is 0. The first-order valence-electron chi connectivity index (χ1n) is 5.55. The summed E-state index contributed by atoms with van der Waals surface area (Å²) >= 11 is 0. The first kappa shape index (κ1) is 12.9. The van der Waals surface area contributed by atoms with Gasteiger partial charge in [0.1, 0.15) is 0 Å². The van der Waals surface area contributed by atoms with Gasteiger partial charge in [0.15, 0.2) is 0 Å². The van der Waals surface area contributed by atoms with Crippen molar-refractivity contribution in [1.29, 1.82) is 0 Å². The molecule has 13 heavy (non-hydrogen) atoms. The summed E-state index contributed by atoms with van der Waals surface area (Å²) < 4.78 is 5.15. The van der Waals surface area contributed by atoms with Crippen LogP contribution in [0.4, 0.5) is 4.70 Å². The maximum absolute atomic E-state index is 5.15. The van der Waals surface area contributed by atoms with Gasteiger partial charge in [0.25, 0.3) is 0 Å². The van der Waals surface area contributed by atoms with E-state index in [0.29, 0.717) is 6.10 Å². The molecule has 1 nitrogen and oxygen atoms in total. The van der Waals surface area contributed by atoms with Crippen molar-refractivity contribution < 1.29 is 9.44 Å². The van der Waals surface area contributed by atoms with Crippen LogP contribution in [0.5, 0.6) is 0 Å². The summed E-state index contributed by atoms with van der Waals surface area (Å²) in [6.45, 7) is 3.31. The number of unbranched alkanes of at least 4 members (excludes halogenated alkanes) is 6. The third kappa shape index (κ3) is 8.23. The lowest BCUT2D eigenvalue weighted by molar-refractivity contribution is 0.387.